The molecule has 0 atom stereocenters. The van der Waals surface area contributed by atoms with E-state index in [0.717, 1.165) is 11.1 Å². The highest BCUT2D eigenvalue weighted by Crippen LogP contribution is 2.51. The summed E-state index contributed by atoms with van der Waals surface area (Å²) in [6.07, 6.45) is 0. The Balaban J connectivity index is 1.52. The maximum absolute atomic E-state index is 15.8. The predicted octanol–water partition coefficient (Wildman–Crippen LogP) is 9.87. The Morgan fingerprint density at radius 2 is 0.520 bits per heavy atom. The minimum Gasteiger partial charge on any atom is -0.307 e. The monoisotopic (exact) mass is 684 g/mol. The van der Waals surface area contributed by atoms with Crippen molar-refractivity contribution < 1.29 is 9.13 Å². The van der Waals surface area contributed by atoms with E-state index in [4.69, 9.17) is 9.98 Å². The average Bonchev–Trinajstić information content (AvgIpc) is 3.21. The second-order valence-electron chi connectivity index (χ2n) is 11.7. The second-order valence-corrected chi connectivity index (χ2v) is 17.0. The molecule has 0 aliphatic heterocycles. The number of rotatable bonds is 10. The van der Waals surface area contributed by atoms with Crippen molar-refractivity contribution in [3.8, 4) is 0 Å². The van der Waals surface area contributed by atoms with Crippen molar-refractivity contribution >= 4 is 57.8 Å². The Kier molecular flexibility index (Phi) is 9.76. The van der Waals surface area contributed by atoms with Crippen molar-refractivity contribution in [2.45, 2.75) is 0 Å². The summed E-state index contributed by atoms with van der Waals surface area (Å²) < 4.78 is 31.6. The third-order valence-corrected chi connectivity index (χ3v) is 14.5. The first-order valence-corrected chi connectivity index (χ1v) is 19.8. The molecule has 0 saturated heterocycles. The maximum atomic E-state index is 15.8. The Labute approximate surface area is 293 Å². The van der Waals surface area contributed by atoms with Crippen molar-refractivity contribution in [3.63, 3.8) is 0 Å². The van der Waals surface area contributed by atoms with E-state index in [2.05, 4.69) is 0 Å². The Morgan fingerprint density at radius 3 is 0.780 bits per heavy atom. The van der Waals surface area contributed by atoms with Crippen LogP contribution in [0.3, 0.4) is 0 Å². The van der Waals surface area contributed by atoms with Gasteiger partial charge in [0.1, 0.15) is 10.9 Å². The lowest BCUT2D eigenvalue weighted by Crippen LogP contribution is -2.23. The van der Waals surface area contributed by atoms with Crippen LogP contribution in [-0.2, 0) is 9.13 Å². The topological polar surface area (TPSA) is 58.9 Å². The van der Waals surface area contributed by atoms with Gasteiger partial charge in [0.05, 0.1) is 11.4 Å². The van der Waals surface area contributed by atoms with Gasteiger partial charge in [0.25, 0.3) is 0 Å². The zero-order valence-corrected chi connectivity index (χ0v) is 29.0. The summed E-state index contributed by atoms with van der Waals surface area (Å²) in [5.41, 5.74) is 3.39. The molecule has 4 nitrogen and oxygen atoms in total. The van der Waals surface area contributed by atoms with Gasteiger partial charge in [-0.25, -0.2) is 9.98 Å². The lowest BCUT2D eigenvalue weighted by Gasteiger charge is -2.23. The van der Waals surface area contributed by atoms with Crippen LogP contribution in [0.4, 0.5) is 11.4 Å². The lowest BCUT2D eigenvalue weighted by molar-refractivity contribution is 0.593. The minimum absolute atomic E-state index is 0.439. The quantitative estimate of drug-likeness (QED) is 0.106. The van der Waals surface area contributed by atoms with Crippen molar-refractivity contribution in [1.82, 2.24) is 0 Å². The first kappa shape index (κ1) is 32.9. The summed E-state index contributed by atoms with van der Waals surface area (Å²) >= 11 is 0. The molecular formula is C44H34N2O2P2. The van der Waals surface area contributed by atoms with Gasteiger partial charge in [-0.05, 0) is 12.1 Å². The highest BCUT2D eigenvalue weighted by atomic mass is 31.2. The van der Waals surface area contributed by atoms with E-state index in [1.54, 1.807) is 0 Å². The molecule has 0 spiro atoms. The molecule has 0 N–H and O–H groups in total. The normalized spacial score (nSPS) is 12.4. The molecule has 242 valence electrons. The molecule has 0 unspecified atom stereocenters. The zero-order valence-electron chi connectivity index (χ0n) is 27.2. The third-order valence-electron chi connectivity index (χ3n) is 8.47. The Hall–Kier alpha value is -5.66. The molecule has 0 heterocycles. The summed E-state index contributed by atoms with van der Waals surface area (Å²) in [7, 11) is -7.03. The summed E-state index contributed by atoms with van der Waals surface area (Å²) in [4.78, 5) is 10.6. The average molecular weight is 685 g/mol. The van der Waals surface area contributed by atoms with Crippen LogP contribution in [0.2, 0.25) is 0 Å². The first-order chi connectivity index (χ1) is 24.6. The fourth-order valence-electron chi connectivity index (χ4n) is 6.03. The molecule has 6 heteroatoms. The van der Waals surface area contributed by atoms with Crippen molar-refractivity contribution in [3.05, 3.63) is 217 Å². The van der Waals surface area contributed by atoms with Gasteiger partial charge >= 0.3 is 0 Å². The van der Waals surface area contributed by atoms with E-state index < -0.39 is 14.3 Å². The van der Waals surface area contributed by atoms with Crippen LogP contribution in [0.15, 0.2) is 216 Å². The zero-order chi connectivity index (χ0) is 34.2. The van der Waals surface area contributed by atoms with Crippen LogP contribution < -0.4 is 21.2 Å². The molecule has 7 aromatic carbocycles. The number of benzene rings is 7. The summed E-state index contributed by atoms with van der Waals surface area (Å²) in [6.45, 7) is 0. The molecule has 7 rings (SSSR count). The van der Waals surface area contributed by atoms with Crippen LogP contribution in [0.1, 0.15) is 11.1 Å². The van der Waals surface area contributed by atoms with Gasteiger partial charge in [0.15, 0.2) is 14.3 Å². The number of hydrogen-bond donors (Lipinski definition) is 0. The summed E-state index contributed by atoms with van der Waals surface area (Å²) in [5.74, 6) is 0. The molecule has 0 aromatic heterocycles. The van der Waals surface area contributed by atoms with E-state index in [1.807, 2.05) is 206 Å². The van der Waals surface area contributed by atoms with Gasteiger partial charge in [-0.3, -0.25) is 0 Å². The van der Waals surface area contributed by atoms with E-state index in [0.29, 0.717) is 43.5 Å². The highest BCUT2D eigenvalue weighted by molar-refractivity contribution is 7.94. The van der Waals surface area contributed by atoms with E-state index >= 15 is 9.13 Å². The second kappa shape index (κ2) is 14.8. The van der Waals surface area contributed by atoms with Crippen LogP contribution in [0, 0.1) is 0 Å². The standard InChI is InChI=1S/C44H34N2O2P2/c47-49(37-25-11-3-12-26-37,38-27-13-4-14-28-38)43(35-21-7-1-8-22-35)45-41-33-19-20-34-42(41)46-44(36-23-9-2-10-24-36)50(48,39-29-15-5-16-30-39)40-31-17-6-18-32-40/h1-34H. The maximum Gasteiger partial charge on any atom is 0.189 e. The number of hydrogen-bond acceptors (Lipinski definition) is 4. The molecule has 0 bridgehead atoms. The fraction of sp³-hybridized carbons (Fsp3) is 0. The van der Waals surface area contributed by atoms with Gasteiger partial charge in [0, 0.05) is 32.3 Å². The molecule has 0 saturated carbocycles. The third kappa shape index (κ3) is 6.52. The smallest absolute Gasteiger partial charge is 0.189 e. The van der Waals surface area contributed by atoms with Crippen molar-refractivity contribution in [2.24, 2.45) is 9.98 Å². The van der Waals surface area contributed by atoms with Gasteiger partial charge < -0.3 is 9.13 Å². The van der Waals surface area contributed by atoms with Crippen LogP contribution in [0.5, 0.6) is 0 Å². The lowest BCUT2D eigenvalue weighted by atomic mass is 10.2. The molecular weight excluding hydrogens is 650 g/mol. The fourth-order valence-corrected chi connectivity index (χ4v) is 11.5. The molecule has 0 radical (unpaired) electrons. The predicted molar refractivity (Wildman–Crippen MR) is 211 cm³/mol. The van der Waals surface area contributed by atoms with Crippen molar-refractivity contribution in [1.29, 1.82) is 0 Å². The summed E-state index contributed by atoms with van der Waals surface area (Å²) in [5, 5.41) is 2.71. The van der Waals surface area contributed by atoms with Gasteiger partial charge in [-0.15, -0.1) is 0 Å². The number of para-hydroxylation sites is 2. The van der Waals surface area contributed by atoms with E-state index in [9.17, 15) is 0 Å². The molecule has 0 aliphatic carbocycles. The van der Waals surface area contributed by atoms with Crippen LogP contribution in [-0.4, -0.2) is 10.9 Å². The minimum atomic E-state index is -3.52. The number of aliphatic imine (C=N–C) groups is 2. The van der Waals surface area contributed by atoms with Gasteiger partial charge in [-0.1, -0.05) is 194 Å². The van der Waals surface area contributed by atoms with Crippen LogP contribution in [0.25, 0.3) is 0 Å². The van der Waals surface area contributed by atoms with Crippen molar-refractivity contribution in [2.75, 3.05) is 0 Å². The molecule has 0 amide bonds. The van der Waals surface area contributed by atoms with Gasteiger partial charge in [0.2, 0.25) is 0 Å². The van der Waals surface area contributed by atoms with E-state index in [1.165, 1.54) is 0 Å². The SMILES string of the molecule is O=P(C(=Nc1ccccc1N=C(c1ccccc1)P(=O)(c1ccccc1)c1ccccc1)c1ccccc1)(c1ccccc1)c1ccccc1. The molecule has 0 aliphatic rings. The highest BCUT2D eigenvalue weighted by Gasteiger charge is 2.36. The first-order valence-electron chi connectivity index (χ1n) is 16.4. The summed E-state index contributed by atoms with van der Waals surface area (Å²) in [6, 6.07) is 65.1. The van der Waals surface area contributed by atoms with E-state index in [-0.39, 0.29) is 0 Å². The largest absolute Gasteiger partial charge is 0.307 e. The van der Waals surface area contributed by atoms with Gasteiger partial charge in [-0.2, -0.15) is 0 Å². The van der Waals surface area contributed by atoms with Crippen LogP contribution >= 0.6 is 14.3 Å². The number of nitrogens with zero attached hydrogens (tertiary/aromatic N) is 2. The molecule has 7 aromatic rings. The molecule has 50 heavy (non-hydrogen) atoms. The molecule has 0 fully saturated rings. The Morgan fingerprint density at radius 1 is 0.300 bits per heavy atom. The Bertz CT molecular complexity index is 2090.